The molecule has 0 bridgehead atoms. The number of aromatic nitrogens is 2. The topological polar surface area (TPSA) is 97.7 Å². The van der Waals surface area contributed by atoms with E-state index in [0.717, 1.165) is 17.1 Å². The molecular formula is C29H27N5O4S. The first kappa shape index (κ1) is 26.1. The number of thiocarbonyl (C=S) groups is 1. The van der Waals surface area contributed by atoms with Crippen LogP contribution in [0.4, 0.5) is 11.4 Å². The molecule has 0 saturated carbocycles. The van der Waals surface area contributed by atoms with Crippen molar-refractivity contribution in [2.24, 2.45) is 0 Å². The summed E-state index contributed by atoms with van der Waals surface area (Å²) in [5.41, 5.74) is 4.33. The predicted molar refractivity (Wildman–Crippen MR) is 152 cm³/mol. The summed E-state index contributed by atoms with van der Waals surface area (Å²) >= 11 is 5.85. The fourth-order valence-corrected chi connectivity index (χ4v) is 5.13. The Bertz CT molecular complexity index is 1490. The summed E-state index contributed by atoms with van der Waals surface area (Å²) in [6.45, 7) is -0.0280. The van der Waals surface area contributed by atoms with Crippen LogP contribution in [0.2, 0.25) is 0 Å². The molecule has 5 rings (SSSR count). The van der Waals surface area contributed by atoms with Gasteiger partial charge < -0.3 is 29.6 Å². The van der Waals surface area contributed by atoms with Crippen molar-refractivity contribution in [3.8, 4) is 5.69 Å². The highest BCUT2D eigenvalue weighted by atomic mass is 32.1. The van der Waals surface area contributed by atoms with E-state index in [-0.39, 0.29) is 24.6 Å². The van der Waals surface area contributed by atoms with E-state index in [1.54, 1.807) is 18.3 Å². The highest BCUT2D eigenvalue weighted by Crippen LogP contribution is 2.42. The van der Waals surface area contributed by atoms with Gasteiger partial charge in [0, 0.05) is 36.6 Å². The number of amides is 1. The Hall–Kier alpha value is -4.54. The van der Waals surface area contributed by atoms with Gasteiger partial charge in [-0.3, -0.25) is 9.78 Å². The summed E-state index contributed by atoms with van der Waals surface area (Å²) in [5.74, 6) is -0.659. The third kappa shape index (κ3) is 5.25. The molecule has 0 radical (unpaired) electrons. The first-order valence-corrected chi connectivity index (χ1v) is 12.7. The number of nitrogens with one attached hydrogen (secondary N) is 2. The second-order valence-electron chi connectivity index (χ2n) is 8.84. The average molecular weight is 542 g/mol. The monoisotopic (exact) mass is 541 g/mol. The lowest BCUT2D eigenvalue weighted by atomic mass is 10.0. The molecule has 0 aliphatic carbocycles. The largest absolute Gasteiger partial charge is 0.465 e. The minimum atomic E-state index is -0.422. The van der Waals surface area contributed by atoms with Crippen LogP contribution in [-0.2, 0) is 14.3 Å². The van der Waals surface area contributed by atoms with Crippen molar-refractivity contribution in [1.29, 1.82) is 0 Å². The highest BCUT2D eigenvalue weighted by Gasteiger charge is 2.42. The molecule has 4 aromatic rings. The molecule has 1 aliphatic heterocycles. The zero-order valence-electron chi connectivity index (χ0n) is 21.4. The summed E-state index contributed by atoms with van der Waals surface area (Å²) in [7, 11) is 2.84. The Morgan fingerprint density at radius 3 is 2.49 bits per heavy atom. The summed E-state index contributed by atoms with van der Waals surface area (Å²) in [4.78, 5) is 31.2. The van der Waals surface area contributed by atoms with Gasteiger partial charge in [0.25, 0.3) is 0 Å². The molecule has 2 aromatic carbocycles. The Morgan fingerprint density at radius 2 is 1.77 bits per heavy atom. The van der Waals surface area contributed by atoms with Crippen molar-refractivity contribution in [3.05, 3.63) is 108 Å². The van der Waals surface area contributed by atoms with E-state index in [2.05, 4.69) is 15.6 Å². The summed E-state index contributed by atoms with van der Waals surface area (Å²) < 4.78 is 11.9. The van der Waals surface area contributed by atoms with E-state index in [0.29, 0.717) is 22.1 Å². The van der Waals surface area contributed by atoms with Crippen LogP contribution in [0.1, 0.15) is 33.8 Å². The molecule has 9 nitrogen and oxygen atoms in total. The van der Waals surface area contributed by atoms with Gasteiger partial charge in [0.1, 0.15) is 12.6 Å². The van der Waals surface area contributed by atoms with Gasteiger partial charge in [-0.1, -0.05) is 18.2 Å². The number of anilines is 2. The molecule has 1 saturated heterocycles. The summed E-state index contributed by atoms with van der Waals surface area (Å²) in [6.07, 6.45) is 3.67. The third-order valence-corrected chi connectivity index (χ3v) is 6.77. The second kappa shape index (κ2) is 11.5. The SMILES string of the molecule is COCC(=O)Nc1ccc(N2C(=S)NC(c3ccccn3)C2c2cccn2-c2ccccc2C(=O)OC)cc1. The molecule has 2 unspecified atom stereocenters. The van der Waals surface area contributed by atoms with Crippen LogP contribution >= 0.6 is 12.2 Å². The lowest BCUT2D eigenvalue weighted by Crippen LogP contribution is -2.30. The van der Waals surface area contributed by atoms with Crippen molar-refractivity contribution >= 4 is 40.6 Å². The number of ether oxygens (including phenoxy) is 2. The second-order valence-corrected chi connectivity index (χ2v) is 9.22. The lowest BCUT2D eigenvalue weighted by molar-refractivity contribution is -0.119. The van der Waals surface area contributed by atoms with Crippen LogP contribution in [0.5, 0.6) is 0 Å². The van der Waals surface area contributed by atoms with E-state index >= 15 is 0 Å². The molecular weight excluding hydrogens is 514 g/mol. The quantitative estimate of drug-likeness (QED) is 0.250. The maximum Gasteiger partial charge on any atom is 0.339 e. The molecule has 1 fully saturated rings. The number of para-hydroxylation sites is 1. The first-order valence-electron chi connectivity index (χ1n) is 12.3. The Balaban J connectivity index is 1.59. The molecule has 2 N–H and O–H groups in total. The van der Waals surface area contributed by atoms with E-state index in [1.807, 2.05) is 82.4 Å². The third-order valence-electron chi connectivity index (χ3n) is 6.45. The average Bonchev–Trinajstić information content (AvgIpc) is 3.58. The number of nitrogens with zero attached hydrogens (tertiary/aromatic N) is 3. The molecule has 2 atom stereocenters. The number of pyridine rings is 1. The first-order chi connectivity index (χ1) is 19.0. The van der Waals surface area contributed by atoms with Crippen molar-refractivity contribution in [2.45, 2.75) is 12.1 Å². The number of rotatable bonds is 8. The van der Waals surface area contributed by atoms with Crippen molar-refractivity contribution in [2.75, 3.05) is 31.0 Å². The Labute approximate surface area is 231 Å². The van der Waals surface area contributed by atoms with Gasteiger partial charge in [-0.15, -0.1) is 0 Å². The van der Waals surface area contributed by atoms with Gasteiger partial charge in [0.05, 0.1) is 30.1 Å². The van der Waals surface area contributed by atoms with Crippen LogP contribution in [0.25, 0.3) is 5.69 Å². The number of esters is 1. The fraction of sp³-hybridized carbons (Fsp3) is 0.172. The number of carbonyl (C=O) groups excluding carboxylic acids is 2. The maximum absolute atomic E-state index is 12.6. The summed E-state index contributed by atoms with van der Waals surface area (Å²) in [5, 5.41) is 6.79. The highest BCUT2D eigenvalue weighted by molar-refractivity contribution is 7.80. The normalized spacial score (nSPS) is 16.6. The number of carbonyl (C=O) groups is 2. The van der Waals surface area contributed by atoms with E-state index in [4.69, 9.17) is 21.7 Å². The molecule has 1 amide bonds. The molecule has 1 aliphatic rings. The van der Waals surface area contributed by atoms with Crippen LogP contribution in [0.15, 0.2) is 91.3 Å². The smallest absolute Gasteiger partial charge is 0.339 e. The van der Waals surface area contributed by atoms with Gasteiger partial charge in [0.15, 0.2) is 5.11 Å². The minimum absolute atomic E-state index is 0.0280. The van der Waals surface area contributed by atoms with Crippen LogP contribution in [0, 0.1) is 0 Å². The standard InChI is InChI=1S/C29H27N5O4S/c1-37-18-25(35)31-19-12-14-20(15-13-19)34-27(26(32-29(34)39)22-9-5-6-16-30-22)24-11-7-17-33(24)23-10-4-3-8-21(23)28(36)38-2/h3-17,26-27H,18H2,1-2H3,(H,31,35)(H,32,39). The van der Waals surface area contributed by atoms with Gasteiger partial charge in [0.2, 0.25) is 5.91 Å². The summed E-state index contributed by atoms with van der Waals surface area (Å²) in [6, 6.07) is 23.9. The van der Waals surface area contributed by atoms with E-state index in [1.165, 1.54) is 14.2 Å². The number of methoxy groups -OCH3 is 2. The maximum atomic E-state index is 12.6. The van der Waals surface area contributed by atoms with Crippen molar-refractivity contribution in [1.82, 2.24) is 14.9 Å². The van der Waals surface area contributed by atoms with Crippen molar-refractivity contribution in [3.63, 3.8) is 0 Å². The van der Waals surface area contributed by atoms with Crippen molar-refractivity contribution < 1.29 is 19.1 Å². The number of hydrogen-bond acceptors (Lipinski definition) is 6. The van der Waals surface area contributed by atoms with Gasteiger partial charge in [-0.25, -0.2) is 4.79 Å². The number of hydrogen-bond donors (Lipinski definition) is 2. The minimum Gasteiger partial charge on any atom is -0.465 e. The zero-order chi connectivity index (χ0) is 27.4. The van der Waals surface area contributed by atoms with E-state index in [9.17, 15) is 9.59 Å². The molecule has 0 spiro atoms. The zero-order valence-corrected chi connectivity index (χ0v) is 22.2. The lowest BCUT2D eigenvalue weighted by Gasteiger charge is -2.29. The number of benzene rings is 2. The van der Waals surface area contributed by atoms with Crippen LogP contribution < -0.4 is 15.5 Å². The van der Waals surface area contributed by atoms with Crippen LogP contribution in [0.3, 0.4) is 0 Å². The predicted octanol–water partition coefficient (Wildman–Crippen LogP) is 4.42. The molecule has 198 valence electrons. The molecule has 39 heavy (non-hydrogen) atoms. The molecule has 3 heterocycles. The fourth-order valence-electron chi connectivity index (χ4n) is 4.79. The Kier molecular flexibility index (Phi) is 7.67. The van der Waals surface area contributed by atoms with Crippen LogP contribution in [-0.4, -0.2) is 47.4 Å². The van der Waals surface area contributed by atoms with Gasteiger partial charge in [-0.2, -0.15) is 0 Å². The van der Waals surface area contributed by atoms with Gasteiger partial charge in [-0.05, 0) is 72.9 Å². The molecule has 2 aromatic heterocycles. The van der Waals surface area contributed by atoms with E-state index < -0.39 is 5.97 Å². The molecule has 10 heteroatoms. The van der Waals surface area contributed by atoms with Gasteiger partial charge >= 0.3 is 5.97 Å². The Morgan fingerprint density at radius 1 is 1.00 bits per heavy atom.